The summed E-state index contributed by atoms with van der Waals surface area (Å²) in [5.74, 6) is 0.0761. The number of ketones is 1. The lowest BCUT2D eigenvalue weighted by Crippen LogP contribution is -2.30. The Morgan fingerprint density at radius 1 is 1.50 bits per heavy atom. The molecule has 1 aromatic rings. The van der Waals surface area contributed by atoms with E-state index in [1.807, 2.05) is 32.2 Å². The molecule has 2 heterocycles. The second-order valence-electron chi connectivity index (χ2n) is 5.06. The summed E-state index contributed by atoms with van der Waals surface area (Å²) in [5, 5.41) is 3.34. The van der Waals surface area contributed by atoms with E-state index < -0.39 is 0 Å². The normalized spacial score (nSPS) is 17.3. The molecular weight excluding hydrogens is 228 g/mol. The molecule has 100 valence electrons. The van der Waals surface area contributed by atoms with Gasteiger partial charge in [-0.1, -0.05) is 0 Å². The maximum absolute atomic E-state index is 12.1. The fourth-order valence-corrected chi connectivity index (χ4v) is 2.35. The second-order valence-corrected chi connectivity index (χ2v) is 5.06. The maximum Gasteiger partial charge on any atom is 0.204 e. The number of rotatable bonds is 5. The number of ether oxygens (including phenoxy) is 1. The SMILES string of the molecule is CC(C)OCC(=O)c1cccn1C1CCNCC1. The summed E-state index contributed by atoms with van der Waals surface area (Å²) in [4.78, 5) is 12.1. The van der Waals surface area contributed by atoms with Crippen LogP contribution in [-0.4, -0.2) is 36.2 Å². The molecule has 4 heteroatoms. The highest BCUT2D eigenvalue weighted by atomic mass is 16.5. The molecule has 0 atom stereocenters. The molecule has 1 aliphatic heterocycles. The fourth-order valence-electron chi connectivity index (χ4n) is 2.35. The highest BCUT2D eigenvalue weighted by Gasteiger charge is 2.19. The Hall–Kier alpha value is -1.13. The van der Waals surface area contributed by atoms with Crippen LogP contribution in [0.15, 0.2) is 18.3 Å². The van der Waals surface area contributed by atoms with Gasteiger partial charge in [0.25, 0.3) is 0 Å². The Morgan fingerprint density at radius 2 is 2.22 bits per heavy atom. The Labute approximate surface area is 108 Å². The van der Waals surface area contributed by atoms with Crippen LogP contribution in [0.3, 0.4) is 0 Å². The van der Waals surface area contributed by atoms with Crippen LogP contribution in [0.5, 0.6) is 0 Å². The van der Waals surface area contributed by atoms with Crippen LogP contribution in [0.25, 0.3) is 0 Å². The van der Waals surface area contributed by atoms with E-state index in [2.05, 4.69) is 9.88 Å². The van der Waals surface area contributed by atoms with Gasteiger partial charge >= 0.3 is 0 Å². The summed E-state index contributed by atoms with van der Waals surface area (Å²) in [6.07, 6.45) is 4.27. The van der Waals surface area contributed by atoms with E-state index in [9.17, 15) is 4.79 Å². The fraction of sp³-hybridized carbons (Fsp3) is 0.643. The van der Waals surface area contributed by atoms with Crippen LogP contribution in [0, 0.1) is 0 Å². The molecule has 0 radical (unpaired) electrons. The van der Waals surface area contributed by atoms with Crippen molar-refractivity contribution < 1.29 is 9.53 Å². The molecule has 0 bridgehead atoms. The molecule has 0 spiro atoms. The van der Waals surface area contributed by atoms with Crippen molar-refractivity contribution in [1.29, 1.82) is 0 Å². The first-order valence-electron chi connectivity index (χ1n) is 6.71. The molecule has 0 amide bonds. The lowest BCUT2D eigenvalue weighted by Gasteiger charge is -2.26. The first-order chi connectivity index (χ1) is 8.68. The van der Waals surface area contributed by atoms with Crippen molar-refractivity contribution in [3.8, 4) is 0 Å². The smallest absolute Gasteiger partial charge is 0.204 e. The van der Waals surface area contributed by atoms with Gasteiger partial charge in [-0.05, 0) is 51.9 Å². The van der Waals surface area contributed by atoms with Gasteiger partial charge in [0.2, 0.25) is 5.78 Å². The molecular formula is C14H22N2O2. The van der Waals surface area contributed by atoms with Gasteiger partial charge in [-0.2, -0.15) is 0 Å². The van der Waals surface area contributed by atoms with Crippen LogP contribution >= 0.6 is 0 Å². The van der Waals surface area contributed by atoms with E-state index in [0.29, 0.717) is 6.04 Å². The number of hydrogen-bond donors (Lipinski definition) is 1. The van der Waals surface area contributed by atoms with Gasteiger partial charge in [-0.15, -0.1) is 0 Å². The molecule has 0 aromatic carbocycles. The number of carbonyl (C=O) groups is 1. The first-order valence-corrected chi connectivity index (χ1v) is 6.71. The number of carbonyl (C=O) groups excluding carboxylic acids is 1. The highest BCUT2D eigenvalue weighted by Crippen LogP contribution is 2.21. The summed E-state index contributed by atoms with van der Waals surface area (Å²) in [6, 6.07) is 4.29. The molecule has 1 saturated heterocycles. The van der Waals surface area contributed by atoms with Crippen molar-refractivity contribution in [1.82, 2.24) is 9.88 Å². The quantitative estimate of drug-likeness (QED) is 0.813. The van der Waals surface area contributed by atoms with Crippen molar-refractivity contribution in [3.05, 3.63) is 24.0 Å². The van der Waals surface area contributed by atoms with Crippen LogP contribution in [-0.2, 0) is 4.74 Å². The summed E-state index contributed by atoms with van der Waals surface area (Å²) < 4.78 is 7.51. The average Bonchev–Trinajstić information content (AvgIpc) is 2.86. The molecule has 1 fully saturated rings. The van der Waals surface area contributed by atoms with Crippen molar-refractivity contribution in [2.24, 2.45) is 0 Å². The summed E-state index contributed by atoms with van der Waals surface area (Å²) in [5.41, 5.74) is 0.780. The zero-order valence-corrected chi connectivity index (χ0v) is 11.2. The van der Waals surface area contributed by atoms with Crippen LogP contribution in [0.2, 0.25) is 0 Å². The van der Waals surface area contributed by atoms with E-state index >= 15 is 0 Å². The van der Waals surface area contributed by atoms with Gasteiger partial charge in [0.1, 0.15) is 6.61 Å². The minimum Gasteiger partial charge on any atom is -0.371 e. The Morgan fingerprint density at radius 3 is 2.89 bits per heavy atom. The third-order valence-corrected chi connectivity index (χ3v) is 3.31. The molecule has 0 unspecified atom stereocenters. The molecule has 2 rings (SSSR count). The van der Waals surface area contributed by atoms with Crippen molar-refractivity contribution in [2.45, 2.75) is 38.8 Å². The second kappa shape index (κ2) is 6.16. The number of nitrogens with zero attached hydrogens (tertiary/aromatic N) is 1. The Balaban J connectivity index is 2.04. The van der Waals surface area contributed by atoms with E-state index in [1.165, 1.54) is 0 Å². The van der Waals surface area contributed by atoms with Gasteiger partial charge in [-0.25, -0.2) is 0 Å². The van der Waals surface area contributed by atoms with E-state index in [0.717, 1.165) is 31.6 Å². The summed E-state index contributed by atoms with van der Waals surface area (Å²) in [7, 11) is 0. The van der Waals surface area contributed by atoms with E-state index in [-0.39, 0.29) is 18.5 Å². The van der Waals surface area contributed by atoms with Gasteiger partial charge < -0.3 is 14.6 Å². The standard InChI is InChI=1S/C14H22N2O2/c1-11(2)18-10-14(17)13-4-3-9-16(13)12-5-7-15-8-6-12/h3-4,9,11-12,15H,5-8,10H2,1-2H3. The van der Waals surface area contributed by atoms with Crippen LogP contribution in [0.4, 0.5) is 0 Å². The van der Waals surface area contributed by atoms with Crippen molar-refractivity contribution in [2.75, 3.05) is 19.7 Å². The Bertz CT molecular complexity index is 392. The van der Waals surface area contributed by atoms with E-state index in [4.69, 9.17) is 4.74 Å². The predicted octanol–water partition coefficient (Wildman–Crippen LogP) is 2.02. The van der Waals surface area contributed by atoms with Crippen molar-refractivity contribution in [3.63, 3.8) is 0 Å². The lowest BCUT2D eigenvalue weighted by atomic mass is 10.1. The molecule has 1 N–H and O–H groups in total. The average molecular weight is 250 g/mol. The molecule has 1 aliphatic rings. The molecule has 18 heavy (non-hydrogen) atoms. The zero-order chi connectivity index (χ0) is 13.0. The molecule has 0 aliphatic carbocycles. The van der Waals surface area contributed by atoms with Crippen molar-refractivity contribution >= 4 is 5.78 Å². The molecule has 1 aromatic heterocycles. The largest absolute Gasteiger partial charge is 0.371 e. The first kappa shape index (κ1) is 13.3. The van der Waals surface area contributed by atoms with E-state index in [1.54, 1.807) is 0 Å². The highest BCUT2D eigenvalue weighted by molar-refractivity contribution is 5.95. The third-order valence-electron chi connectivity index (χ3n) is 3.31. The van der Waals surface area contributed by atoms with Crippen LogP contribution in [0.1, 0.15) is 43.2 Å². The monoisotopic (exact) mass is 250 g/mol. The van der Waals surface area contributed by atoms with Gasteiger partial charge in [0, 0.05) is 12.2 Å². The number of nitrogens with one attached hydrogen (secondary N) is 1. The summed E-state index contributed by atoms with van der Waals surface area (Å²) >= 11 is 0. The van der Waals surface area contributed by atoms with Crippen LogP contribution < -0.4 is 5.32 Å². The van der Waals surface area contributed by atoms with Gasteiger partial charge in [0.05, 0.1) is 11.8 Å². The maximum atomic E-state index is 12.1. The zero-order valence-electron chi connectivity index (χ0n) is 11.2. The molecule has 0 saturated carbocycles. The number of Topliss-reactive ketones (excluding diaryl/α,β-unsaturated/α-hetero) is 1. The minimum atomic E-state index is 0.0761. The predicted molar refractivity (Wildman–Crippen MR) is 71.0 cm³/mol. The van der Waals surface area contributed by atoms with Gasteiger partial charge in [-0.3, -0.25) is 4.79 Å². The third kappa shape index (κ3) is 3.21. The lowest BCUT2D eigenvalue weighted by molar-refractivity contribution is 0.0574. The number of hydrogen-bond acceptors (Lipinski definition) is 3. The summed E-state index contributed by atoms with van der Waals surface area (Å²) in [6.45, 7) is 6.11. The topological polar surface area (TPSA) is 43.3 Å². The number of piperidine rings is 1. The minimum absolute atomic E-state index is 0.0761. The van der Waals surface area contributed by atoms with Gasteiger partial charge in [0.15, 0.2) is 0 Å². The Kier molecular flexibility index (Phi) is 4.55. The molecule has 4 nitrogen and oxygen atoms in total. The number of aromatic nitrogens is 1.